The lowest BCUT2D eigenvalue weighted by Crippen LogP contribution is -2.54. The molecule has 0 aliphatic carbocycles. The Kier molecular flexibility index (Phi) is 7.37. The third-order valence-electron chi connectivity index (χ3n) is 7.50. The van der Waals surface area contributed by atoms with Crippen molar-refractivity contribution in [2.45, 2.75) is 31.3 Å². The van der Waals surface area contributed by atoms with Crippen LogP contribution in [0.25, 0.3) is 0 Å². The van der Waals surface area contributed by atoms with Gasteiger partial charge in [-0.3, -0.25) is 9.59 Å². The molecule has 1 aliphatic heterocycles. The summed E-state index contributed by atoms with van der Waals surface area (Å²) in [4.78, 5) is 44.7. The van der Waals surface area contributed by atoms with Crippen molar-refractivity contribution >= 4 is 51.9 Å². The summed E-state index contributed by atoms with van der Waals surface area (Å²) >= 11 is 8.79. The van der Waals surface area contributed by atoms with Crippen LogP contribution in [0.15, 0.2) is 78.2 Å². The number of aliphatic carboxylic acids is 1. The molecule has 0 bridgehead atoms. The van der Waals surface area contributed by atoms with Gasteiger partial charge in [-0.2, -0.15) is 0 Å². The van der Waals surface area contributed by atoms with Gasteiger partial charge in [0.25, 0.3) is 5.91 Å². The van der Waals surface area contributed by atoms with Gasteiger partial charge in [0.1, 0.15) is 11.3 Å². The molecule has 200 valence electrons. The van der Waals surface area contributed by atoms with Crippen LogP contribution >= 0.6 is 34.3 Å². The minimum Gasteiger partial charge on any atom is -0.497 e. The largest absolute Gasteiger partial charge is 0.497 e. The van der Waals surface area contributed by atoms with E-state index in [2.05, 4.69) is 0 Å². The molecule has 1 amide bonds. The first-order chi connectivity index (χ1) is 18.7. The second-order valence-electron chi connectivity index (χ2n) is 9.65. The molecule has 5 rings (SSSR count). The molecular formula is C30H26ClNO5S2. The molecule has 1 fully saturated rings. The van der Waals surface area contributed by atoms with E-state index in [0.29, 0.717) is 26.1 Å². The number of benzene rings is 2. The molecule has 3 heterocycles. The number of carboxylic acid groups (broad SMARTS) is 1. The molecule has 1 N–H and O–H groups in total. The van der Waals surface area contributed by atoms with Gasteiger partial charge < -0.3 is 14.7 Å². The molecule has 0 spiro atoms. The van der Waals surface area contributed by atoms with Crippen LogP contribution in [0.5, 0.6) is 5.75 Å². The lowest BCUT2D eigenvalue weighted by molar-refractivity contribution is -0.148. The van der Waals surface area contributed by atoms with E-state index >= 15 is 0 Å². The zero-order valence-electron chi connectivity index (χ0n) is 21.5. The summed E-state index contributed by atoms with van der Waals surface area (Å²) in [6.45, 7) is 3.46. The van der Waals surface area contributed by atoms with Crippen LogP contribution < -0.4 is 4.74 Å². The van der Waals surface area contributed by atoms with Crippen molar-refractivity contribution < 1.29 is 24.2 Å². The van der Waals surface area contributed by atoms with Crippen molar-refractivity contribution in [2.75, 3.05) is 7.11 Å². The number of aryl methyl sites for hydroxylation is 1. The van der Waals surface area contributed by atoms with Crippen LogP contribution in [-0.2, 0) is 4.79 Å². The van der Waals surface area contributed by atoms with Crippen molar-refractivity contribution in [1.82, 2.24) is 4.90 Å². The number of methoxy groups -OCH3 is 1. The van der Waals surface area contributed by atoms with Crippen molar-refractivity contribution in [3.8, 4) is 5.75 Å². The van der Waals surface area contributed by atoms with Gasteiger partial charge in [0, 0.05) is 16.4 Å². The zero-order valence-corrected chi connectivity index (χ0v) is 23.8. The van der Waals surface area contributed by atoms with Crippen LogP contribution in [-0.4, -0.2) is 40.3 Å². The average Bonchev–Trinajstić information content (AvgIpc) is 3.64. The van der Waals surface area contributed by atoms with Crippen molar-refractivity contribution in [1.29, 1.82) is 0 Å². The standard InChI is InChI=1S/C30H26ClNO5S2/c1-17-14-15-38-27(17)25-23(26(33)21-12-13-22(31)39-21)24(19-10-7-11-20(16-19)37-3)30(2,29(35)36)32(25)28(34)18-8-5-4-6-9-18/h4-16,23-25H,1-3H3,(H,35,36). The van der Waals surface area contributed by atoms with E-state index in [0.717, 1.165) is 21.8 Å². The first-order valence-electron chi connectivity index (χ1n) is 12.3. The van der Waals surface area contributed by atoms with Gasteiger partial charge in [0.2, 0.25) is 0 Å². The molecule has 4 unspecified atom stereocenters. The van der Waals surface area contributed by atoms with Gasteiger partial charge >= 0.3 is 5.97 Å². The van der Waals surface area contributed by atoms with Crippen LogP contribution in [0.1, 0.15) is 54.9 Å². The lowest BCUT2D eigenvalue weighted by Gasteiger charge is -2.38. The number of likely N-dealkylation sites (tertiary alicyclic amines) is 1. The number of ether oxygens (including phenoxy) is 1. The van der Waals surface area contributed by atoms with Gasteiger partial charge in [-0.1, -0.05) is 41.9 Å². The fourth-order valence-corrected chi connectivity index (χ4v) is 7.76. The number of amides is 1. The molecule has 1 aliphatic rings. The number of thiophene rings is 2. The summed E-state index contributed by atoms with van der Waals surface area (Å²) in [6.07, 6.45) is 0. The van der Waals surface area contributed by atoms with E-state index < -0.39 is 35.3 Å². The minimum atomic E-state index is -1.78. The Labute approximate surface area is 239 Å². The highest BCUT2D eigenvalue weighted by Gasteiger charge is 2.65. The first-order valence-corrected chi connectivity index (χ1v) is 14.4. The average molecular weight is 580 g/mol. The highest BCUT2D eigenvalue weighted by atomic mass is 35.5. The van der Waals surface area contributed by atoms with E-state index in [9.17, 15) is 19.5 Å². The van der Waals surface area contributed by atoms with E-state index in [1.165, 1.54) is 23.3 Å². The maximum Gasteiger partial charge on any atom is 0.330 e. The summed E-state index contributed by atoms with van der Waals surface area (Å²) in [6, 6.07) is 20.1. The Bertz CT molecular complexity index is 1550. The van der Waals surface area contributed by atoms with Crippen LogP contribution in [0, 0.1) is 12.8 Å². The zero-order chi connectivity index (χ0) is 27.9. The predicted octanol–water partition coefficient (Wildman–Crippen LogP) is 7.10. The Morgan fingerprint density at radius 3 is 2.36 bits per heavy atom. The van der Waals surface area contributed by atoms with E-state index in [4.69, 9.17) is 16.3 Å². The number of rotatable bonds is 7. The number of ketones is 1. The van der Waals surface area contributed by atoms with Gasteiger partial charge in [0.15, 0.2) is 5.78 Å². The maximum absolute atomic E-state index is 14.4. The Balaban J connectivity index is 1.83. The monoisotopic (exact) mass is 579 g/mol. The number of carbonyl (C=O) groups is 3. The normalized spacial score (nSPS) is 22.6. The van der Waals surface area contributed by atoms with Crippen molar-refractivity contribution in [3.63, 3.8) is 0 Å². The van der Waals surface area contributed by atoms with E-state index in [1.54, 1.807) is 73.7 Å². The van der Waals surface area contributed by atoms with Gasteiger partial charge in [-0.05, 0) is 72.8 Å². The van der Waals surface area contributed by atoms with Crippen LogP contribution in [0.2, 0.25) is 4.34 Å². The fourth-order valence-electron chi connectivity index (χ4n) is 5.66. The summed E-state index contributed by atoms with van der Waals surface area (Å²) < 4.78 is 5.92. The molecule has 6 nitrogen and oxygen atoms in total. The van der Waals surface area contributed by atoms with Crippen molar-refractivity contribution in [2.24, 2.45) is 5.92 Å². The number of hydrogen-bond acceptors (Lipinski definition) is 6. The first kappa shape index (κ1) is 27.1. The second-order valence-corrected chi connectivity index (χ2v) is 12.3. The third kappa shape index (κ3) is 4.56. The van der Waals surface area contributed by atoms with E-state index in [-0.39, 0.29) is 5.78 Å². The Morgan fingerprint density at radius 1 is 1.03 bits per heavy atom. The molecule has 2 aromatic carbocycles. The molecule has 4 aromatic rings. The quantitative estimate of drug-likeness (QED) is 0.236. The van der Waals surface area contributed by atoms with Gasteiger partial charge in [-0.15, -0.1) is 22.7 Å². The Morgan fingerprint density at radius 2 is 1.77 bits per heavy atom. The summed E-state index contributed by atoms with van der Waals surface area (Å²) in [5.41, 5.74) is 0.0578. The highest BCUT2D eigenvalue weighted by Crippen LogP contribution is 2.58. The lowest BCUT2D eigenvalue weighted by atomic mass is 9.73. The molecular weight excluding hydrogens is 554 g/mol. The molecule has 1 saturated heterocycles. The third-order valence-corrected chi connectivity index (χ3v) is 9.83. The Hall–Kier alpha value is -3.46. The summed E-state index contributed by atoms with van der Waals surface area (Å²) in [5, 5.41) is 12.8. The molecule has 0 radical (unpaired) electrons. The number of carboxylic acids is 1. The van der Waals surface area contributed by atoms with Crippen molar-refractivity contribution in [3.05, 3.63) is 109 Å². The predicted molar refractivity (Wildman–Crippen MR) is 153 cm³/mol. The van der Waals surface area contributed by atoms with Gasteiger partial charge in [-0.25, -0.2) is 4.79 Å². The van der Waals surface area contributed by atoms with Crippen LogP contribution in [0.4, 0.5) is 0 Å². The topological polar surface area (TPSA) is 83.9 Å². The van der Waals surface area contributed by atoms with Crippen LogP contribution in [0.3, 0.4) is 0 Å². The molecule has 2 aromatic heterocycles. The highest BCUT2D eigenvalue weighted by molar-refractivity contribution is 7.18. The molecule has 9 heteroatoms. The molecule has 4 atom stereocenters. The number of carbonyl (C=O) groups excluding carboxylic acids is 2. The minimum absolute atomic E-state index is 0.256. The van der Waals surface area contributed by atoms with E-state index in [1.807, 2.05) is 18.4 Å². The maximum atomic E-state index is 14.4. The molecule has 39 heavy (non-hydrogen) atoms. The summed E-state index contributed by atoms with van der Waals surface area (Å²) in [7, 11) is 1.53. The number of halogens is 1. The number of Topliss-reactive ketones (excluding diaryl/α,β-unsaturated/α-hetero) is 1. The molecule has 0 saturated carbocycles. The smallest absolute Gasteiger partial charge is 0.330 e. The van der Waals surface area contributed by atoms with Gasteiger partial charge in [0.05, 0.1) is 28.3 Å². The number of hydrogen-bond donors (Lipinski definition) is 1. The second kappa shape index (κ2) is 10.6. The summed E-state index contributed by atoms with van der Waals surface area (Å²) in [5.74, 6) is -3.17. The SMILES string of the molecule is COc1cccc(C2C(C(=O)c3ccc(Cl)s3)C(c3sccc3C)N(C(=O)c3ccccc3)C2(C)C(=O)O)c1. The fraction of sp³-hybridized carbons (Fsp3) is 0.233. The number of nitrogens with zero attached hydrogens (tertiary/aromatic N) is 1.